The van der Waals surface area contributed by atoms with Crippen molar-refractivity contribution in [2.45, 2.75) is 52.1 Å². The summed E-state index contributed by atoms with van der Waals surface area (Å²) in [5, 5.41) is 0. The lowest BCUT2D eigenvalue weighted by molar-refractivity contribution is -0.135. The van der Waals surface area contributed by atoms with Crippen LogP contribution in [-0.2, 0) is 20.7 Å². The van der Waals surface area contributed by atoms with Crippen molar-refractivity contribution in [2.75, 3.05) is 32.8 Å². The maximum absolute atomic E-state index is 13.3. The van der Waals surface area contributed by atoms with Crippen molar-refractivity contribution in [3.05, 3.63) is 59.7 Å². The van der Waals surface area contributed by atoms with Gasteiger partial charge in [0.1, 0.15) is 0 Å². The van der Waals surface area contributed by atoms with Gasteiger partial charge < -0.3 is 14.5 Å². The summed E-state index contributed by atoms with van der Waals surface area (Å²) in [5.41, 5.74) is 4.76. The van der Waals surface area contributed by atoms with Crippen molar-refractivity contribution in [3.63, 3.8) is 0 Å². The van der Waals surface area contributed by atoms with E-state index in [1.54, 1.807) is 0 Å². The average molecular weight is 449 g/mol. The van der Waals surface area contributed by atoms with Gasteiger partial charge >= 0.3 is 0 Å². The number of hydrogen-bond acceptors (Lipinski definition) is 3. The molecule has 2 aromatic carbocycles. The van der Waals surface area contributed by atoms with E-state index in [1.807, 2.05) is 16.7 Å². The Balaban J connectivity index is 1.48. The third-order valence-electron chi connectivity index (χ3n) is 7.05. The predicted octanol–water partition coefficient (Wildman–Crippen LogP) is 4.47. The molecule has 0 aromatic heterocycles. The van der Waals surface area contributed by atoms with Crippen molar-refractivity contribution in [3.8, 4) is 11.1 Å². The van der Waals surface area contributed by atoms with Gasteiger partial charge in [0.25, 0.3) is 0 Å². The first-order valence-electron chi connectivity index (χ1n) is 12.4. The maximum Gasteiger partial charge on any atom is 0.227 e. The van der Waals surface area contributed by atoms with E-state index < -0.39 is 0 Å². The maximum atomic E-state index is 13.3. The van der Waals surface area contributed by atoms with Crippen LogP contribution in [0.3, 0.4) is 0 Å². The largest absolute Gasteiger partial charge is 0.378 e. The molecule has 2 amide bonds. The van der Waals surface area contributed by atoms with Crippen LogP contribution in [-0.4, -0.2) is 60.5 Å². The van der Waals surface area contributed by atoms with Gasteiger partial charge in [-0.05, 0) is 61.8 Å². The summed E-state index contributed by atoms with van der Waals surface area (Å²) in [4.78, 5) is 30.1. The van der Waals surface area contributed by atoms with Gasteiger partial charge in [0.15, 0.2) is 0 Å². The number of carbonyl (C=O) groups excluding carboxylic acids is 2. The molecule has 176 valence electrons. The van der Waals surface area contributed by atoms with E-state index in [1.165, 1.54) is 16.7 Å². The van der Waals surface area contributed by atoms with E-state index in [-0.39, 0.29) is 23.8 Å². The minimum Gasteiger partial charge on any atom is -0.378 e. The van der Waals surface area contributed by atoms with E-state index >= 15 is 0 Å². The zero-order valence-corrected chi connectivity index (χ0v) is 20.0. The topological polar surface area (TPSA) is 49.9 Å². The molecule has 2 aromatic rings. The summed E-state index contributed by atoms with van der Waals surface area (Å²) in [6.07, 6.45) is 4.28. The number of amides is 2. The number of likely N-dealkylation sites (N-methyl/N-ethyl adjacent to an activating group) is 1. The summed E-state index contributed by atoms with van der Waals surface area (Å²) >= 11 is 0. The van der Waals surface area contributed by atoms with Gasteiger partial charge in [0, 0.05) is 39.2 Å². The molecule has 4 rings (SSSR count). The molecule has 33 heavy (non-hydrogen) atoms. The number of rotatable bonds is 7. The number of hydrogen-bond donors (Lipinski definition) is 0. The summed E-state index contributed by atoms with van der Waals surface area (Å²) in [6, 6.07) is 16.9. The Morgan fingerprint density at radius 3 is 2.73 bits per heavy atom. The summed E-state index contributed by atoms with van der Waals surface area (Å²) < 4.78 is 5.69. The number of benzene rings is 2. The van der Waals surface area contributed by atoms with Crippen LogP contribution in [0.25, 0.3) is 11.1 Å². The van der Waals surface area contributed by atoms with Gasteiger partial charge in [-0.1, -0.05) is 48.5 Å². The third-order valence-corrected chi connectivity index (χ3v) is 7.05. The fourth-order valence-corrected chi connectivity index (χ4v) is 5.10. The quantitative estimate of drug-likeness (QED) is 0.628. The highest BCUT2D eigenvalue weighted by molar-refractivity contribution is 5.82. The smallest absolute Gasteiger partial charge is 0.227 e. The Hall–Kier alpha value is -2.66. The Kier molecular flexibility index (Phi) is 7.81. The molecule has 0 spiro atoms. The minimum absolute atomic E-state index is 0.148. The van der Waals surface area contributed by atoms with Crippen LogP contribution in [0, 0.1) is 12.8 Å². The summed E-state index contributed by atoms with van der Waals surface area (Å²) in [5.74, 6) is 0.0920. The molecule has 0 N–H and O–H groups in total. The first-order chi connectivity index (χ1) is 16.0. The Morgan fingerprint density at radius 2 is 1.97 bits per heavy atom. The van der Waals surface area contributed by atoms with Gasteiger partial charge in [0.2, 0.25) is 11.8 Å². The Labute approximate surface area is 197 Å². The molecule has 5 heteroatoms. The molecule has 2 atom stereocenters. The van der Waals surface area contributed by atoms with E-state index in [9.17, 15) is 9.59 Å². The van der Waals surface area contributed by atoms with Crippen LogP contribution in [0.2, 0.25) is 0 Å². The van der Waals surface area contributed by atoms with E-state index in [0.29, 0.717) is 39.0 Å². The average Bonchev–Trinajstić information content (AvgIpc) is 3.30. The highest BCUT2D eigenvalue weighted by Gasteiger charge is 2.32. The van der Waals surface area contributed by atoms with Gasteiger partial charge in [-0.25, -0.2) is 0 Å². The first kappa shape index (κ1) is 23.5. The first-order valence-corrected chi connectivity index (χ1v) is 12.4. The van der Waals surface area contributed by atoms with Gasteiger partial charge in [-0.2, -0.15) is 0 Å². The van der Waals surface area contributed by atoms with Crippen LogP contribution < -0.4 is 0 Å². The molecular formula is C28H36N2O3. The highest BCUT2D eigenvalue weighted by atomic mass is 16.5. The third kappa shape index (κ3) is 5.83. The lowest BCUT2D eigenvalue weighted by atomic mass is 9.93. The molecule has 0 saturated carbocycles. The second-order valence-corrected chi connectivity index (χ2v) is 9.35. The van der Waals surface area contributed by atoms with Crippen LogP contribution >= 0.6 is 0 Å². The Morgan fingerprint density at radius 1 is 1.12 bits per heavy atom. The number of ether oxygens (including phenoxy) is 1. The second-order valence-electron chi connectivity index (χ2n) is 9.35. The van der Waals surface area contributed by atoms with Gasteiger partial charge in [-0.15, -0.1) is 0 Å². The van der Waals surface area contributed by atoms with Crippen LogP contribution in [0.4, 0.5) is 0 Å². The molecule has 2 saturated heterocycles. The highest BCUT2D eigenvalue weighted by Crippen LogP contribution is 2.26. The predicted molar refractivity (Wildman–Crippen MR) is 131 cm³/mol. The van der Waals surface area contributed by atoms with Crippen LogP contribution in [0.15, 0.2) is 48.5 Å². The van der Waals surface area contributed by atoms with Gasteiger partial charge in [-0.3, -0.25) is 9.59 Å². The second kappa shape index (κ2) is 11.0. The fraction of sp³-hybridized carbons (Fsp3) is 0.500. The molecule has 2 unspecified atom stereocenters. The van der Waals surface area contributed by atoms with E-state index in [4.69, 9.17) is 4.74 Å². The molecule has 2 heterocycles. The zero-order valence-electron chi connectivity index (χ0n) is 20.0. The summed E-state index contributed by atoms with van der Waals surface area (Å²) in [6.45, 7) is 7.35. The monoisotopic (exact) mass is 448 g/mol. The zero-order chi connectivity index (χ0) is 23.2. The molecule has 0 bridgehead atoms. The molecule has 2 fully saturated rings. The molecule has 2 aliphatic heterocycles. The molecule has 0 radical (unpaired) electrons. The van der Waals surface area contributed by atoms with Gasteiger partial charge in [0.05, 0.1) is 12.0 Å². The van der Waals surface area contributed by atoms with Crippen molar-refractivity contribution in [1.29, 1.82) is 0 Å². The van der Waals surface area contributed by atoms with Crippen LogP contribution in [0.5, 0.6) is 0 Å². The van der Waals surface area contributed by atoms with Crippen molar-refractivity contribution in [2.24, 2.45) is 5.92 Å². The fourth-order valence-electron chi connectivity index (χ4n) is 5.10. The summed E-state index contributed by atoms with van der Waals surface area (Å²) in [7, 11) is 0. The van der Waals surface area contributed by atoms with Crippen molar-refractivity contribution >= 4 is 11.8 Å². The van der Waals surface area contributed by atoms with Crippen molar-refractivity contribution in [1.82, 2.24) is 9.80 Å². The van der Waals surface area contributed by atoms with Crippen molar-refractivity contribution < 1.29 is 14.3 Å². The lowest BCUT2D eigenvalue weighted by Crippen LogP contribution is -2.38. The van der Waals surface area contributed by atoms with E-state index in [0.717, 1.165) is 31.4 Å². The molecule has 2 aliphatic rings. The SMILES string of the molecule is CCN1CCN(C(=O)CCC2CCCO2)CC(Cc2cccc(-c3ccccc3C)c2)C1=O. The number of nitrogens with zero attached hydrogens (tertiary/aromatic N) is 2. The standard InChI is InChI=1S/C28H36N2O3/c1-3-29-15-16-30(27(31)14-13-25-11-7-17-33-25)20-24(28(29)32)19-22-9-6-10-23(18-22)26-12-5-4-8-21(26)2/h4-6,8-10,12,18,24-25H,3,7,11,13-17,19-20H2,1-2H3. The van der Waals surface area contributed by atoms with Crippen LogP contribution in [0.1, 0.15) is 43.7 Å². The number of carbonyl (C=O) groups is 2. The molecule has 0 aliphatic carbocycles. The molecule has 5 nitrogen and oxygen atoms in total. The lowest BCUT2D eigenvalue weighted by Gasteiger charge is -2.24. The van der Waals surface area contributed by atoms with E-state index in [2.05, 4.69) is 55.5 Å². The normalized spacial score (nSPS) is 21.3. The minimum atomic E-state index is -0.216. The Bertz CT molecular complexity index is 967. The molecular weight excluding hydrogens is 412 g/mol. The number of aryl methyl sites for hydroxylation is 1.